The number of aliphatic imine (C=N–C) groups is 2. The van der Waals surface area contributed by atoms with Crippen molar-refractivity contribution < 1.29 is 0 Å². The van der Waals surface area contributed by atoms with Crippen LogP contribution in [0.4, 0.5) is 0 Å². The standard InChI is InChI=1S/C13H16N2S.C10H13N.C3H4ClNS/c1-9-3-2-4-11-10(9)5-6-12(11)15-13-14-7-8-16-13;1-7-3-2-4-9-8(7)5-6-10(9)11;4-1-2-5-3-6/h2-4,12H,5-8H2,1H3,(H,14,15);2-4,10H,5-6,11H2,1H3;1-2H2/t12-;10-;/m00./s1. The first kappa shape index (κ1) is 25.9. The molecule has 2 aliphatic carbocycles. The SMILES string of the molecule is Cc1cccc2c1CC[C@@H]2N.Cc1cccc2c1CC[C@@H]2NC1=NCCS1.S=C=NCCCl. The third-order valence-electron chi connectivity index (χ3n) is 6.20. The highest BCUT2D eigenvalue weighted by molar-refractivity contribution is 8.14. The Hall–Kier alpha value is -1.69. The number of isothiocyanates is 1. The van der Waals surface area contributed by atoms with E-state index in [0.717, 1.165) is 23.9 Å². The average molecular weight is 501 g/mol. The Morgan fingerprint density at radius 2 is 1.79 bits per heavy atom. The molecule has 7 heteroatoms. The summed E-state index contributed by atoms with van der Waals surface area (Å²) in [6.07, 6.45) is 4.71. The van der Waals surface area contributed by atoms with Crippen molar-refractivity contribution in [1.82, 2.24) is 5.32 Å². The lowest BCUT2D eigenvalue weighted by Crippen LogP contribution is -2.23. The summed E-state index contributed by atoms with van der Waals surface area (Å²) in [6, 6.07) is 13.8. The molecule has 2 aromatic rings. The zero-order valence-corrected chi connectivity index (χ0v) is 21.8. The second-order valence-corrected chi connectivity index (χ2v) is 10.0. The maximum atomic E-state index is 5.92. The number of nitrogens with one attached hydrogen (secondary N) is 1. The fourth-order valence-electron chi connectivity index (χ4n) is 4.52. The van der Waals surface area contributed by atoms with Crippen LogP contribution in [0.2, 0.25) is 0 Å². The Balaban J connectivity index is 0.000000157. The molecule has 4 nitrogen and oxygen atoms in total. The van der Waals surface area contributed by atoms with E-state index in [4.69, 9.17) is 17.3 Å². The predicted octanol–water partition coefficient (Wildman–Crippen LogP) is 5.94. The molecule has 0 bridgehead atoms. The fourth-order valence-corrected chi connectivity index (χ4v) is 5.48. The van der Waals surface area contributed by atoms with Crippen LogP contribution in [0.3, 0.4) is 0 Å². The molecule has 0 radical (unpaired) electrons. The van der Waals surface area contributed by atoms with Gasteiger partial charge in [-0.1, -0.05) is 48.2 Å². The Morgan fingerprint density at radius 3 is 2.36 bits per heavy atom. The zero-order valence-electron chi connectivity index (χ0n) is 19.4. The van der Waals surface area contributed by atoms with Gasteiger partial charge in [0.25, 0.3) is 0 Å². The summed E-state index contributed by atoms with van der Waals surface area (Å²) in [7, 11) is 0. The Kier molecular flexibility index (Phi) is 10.4. The van der Waals surface area contributed by atoms with E-state index < -0.39 is 0 Å². The van der Waals surface area contributed by atoms with Crippen LogP contribution in [0.5, 0.6) is 0 Å². The molecule has 2 aromatic carbocycles. The summed E-state index contributed by atoms with van der Waals surface area (Å²) < 4.78 is 0. The van der Waals surface area contributed by atoms with Crippen LogP contribution in [-0.2, 0) is 12.8 Å². The van der Waals surface area contributed by atoms with Gasteiger partial charge in [0.1, 0.15) is 0 Å². The van der Waals surface area contributed by atoms with Gasteiger partial charge in [-0.15, -0.1) is 11.6 Å². The zero-order chi connectivity index (χ0) is 23.6. The van der Waals surface area contributed by atoms with Crippen molar-refractivity contribution in [2.24, 2.45) is 15.7 Å². The predicted molar refractivity (Wildman–Crippen MR) is 147 cm³/mol. The summed E-state index contributed by atoms with van der Waals surface area (Å²) in [5.41, 5.74) is 14.6. The van der Waals surface area contributed by atoms with E-state index in [0.29, 0.717) is 24.5 Å². The molecule has 33 heavy (non-hydrogen) atoms. The Labute approximate surface area is 212 Å². The summed E-state index contributed by atoms with van der Waals surface area (Å²) in [5, 5.41) is 6.90. The molecule has 3 aliphatic rings. The minimum absolute atomic E-state index is 0.296. The van der Waals surface area contributed by atoms with Crippen molar-refractivity contribution in [3.8, 4) is 0 Å². The van der Waals surface area contributed by atoms with Gasteiger partial charge < -0.3 is 11.1 Å². The summed E-state index contributed by atoms with van der Waals surface area (Å²) in [6.45, 7) is 5.94. The highest BCUT2D eigenvalue weighted by Gasteiger charge is 2.25. The molecule has 2 atom stereocenters. The first-order valence-corrected chi connectivity index (χ1v) is 13.4. The molecule has 1 heterocycles. The maximum absolute atomic E-state index is 5.92. The van der Waals surface area contributed by atoms with Gasteiger partial charge in [-0.05, 0) is 85.1 Å². The van der Waals surface area contributed by atoms with Gasteiger partial charge >= 0.3 is 0 Å². The quantitative estimate of drug-likeness (QED) is 0.311. The third kappa shape index (κ3) is 7.14. The molecule has 1 aliphatic heterocycles. The molecule has 0 unspecified atom stereocenters. The topological polar surface area (TPSA) is 62.8 Å². The fraction of sp³-hybridized carbons (Fsp3) is 0.462. The van der Waals surface area contributed by atoms with Crippen molar-refractivity contribution >= 4 is 45.9 Å². The molecule has 0 spiro atoms. The number of nitrogens with zero attached hydrogens (tertiary/aromatic N) is 2. The van der Waals surface area contributed by atoms with Crippen LogP contribution >= 0.6 is 35.6 Å². The van der Waals surface area contributed by atoms with E-state index in [1.807, 2.05) is 11.8 Å². The number of aryl methyl sites for hydroxylation is 2. The van der Waals surface area contributed by atoms with Gasteiger partial charge in [0.2, 0.25) is 0 Å². The van der Waals surface area contributed by atoms with Crippen LogP contribution < -0.4 is 11.1 Å². The van der Waals surface area contributed by atoms with Crippen molar-refractivity contribution in [3.05, 3.63) is 69.8 Å². The van der Waals surface area contributed by atoms with Crippen molar-refractivity contribution in [2.45, 2.75) is 51.6 Å². The Bertz CT molecular complexity index is 1020. The van der Waals surface area contributed by atoms with Crippen molar-refractivity contribution in [2.75, 3.05) is 24.7 Å². The number of thiocarbonyl (C=S) groups is 1. The molecular weight excluding hydrogens is 468 g/mol. The number of hydrogen-bond donors (Lipinski definition) is 2. The molecule has 0 saturated heterocycles. The number of rotatable bonds is 3. The molecule has 0 aromatic heterocycles. The van der Waals surface area contributed by atoms with Gasteiger partial charge in [0, 0.05) is 17.7 Å². The van der Waals surface area contributed by atoms with Gasteiger partial charge in [-0.25, -0.2) is 4.99 Å². The van der Waals surface area contributed by atoms with Crippen LogP contribution in [0.15, 0.2) is 46.4 Å². The number of thioether (sulfide) groups is 1. The van der Waals surface area contributed by atoms with E-state index >= 15 is 0 Å². The van der Waals surface area contributed by atoms with Crippen LogP contribution in [0.25, 0.3) is 0 Å². The normalized spacial score (nSPS) is 19.7. The average Bonchev–Trinajstić information content (AvgIpc) is 3.56. The van der Waals surface area contributed by atoms with Crippen LogP contribution in [0.1, 0.15) is 58.3 Å². The number of nitrogens with two attached hydrogens (primary N) is 1. The monoisotopic (exact) mass is 500 g/mol. The van der Waals surface area contributed by atoms with Gasteiger partial charge in [-0.3, -0.25) is 4.99 Å². The number of alkyl halides is 1. The van der Waals surface area contributed by atoms with E-state index in [2.05, 4.69) is 82.9 Å². The molecule has 3 N–H and O–H groups in total. The van der Waals surface area contributed by atoms with Crippen molar-refractivity contribution in [1.29, 1.82) is 0 Å². The minimum atomic E-state index is 0.296. The molecule has 176 valence electrons. The van der Waals surface area contributed by atoms with Crippen LogP contribution in [-0.4, -0.2) is 35.1 Å². The number of halogens is 1. The number of amidine groups is 1. The number of benzene rings is 2. The lowest BCUT2D eigenvalue weighted by Gasteiger charge is -2.14. The Morgan fingerprint density at radius 1 is 1.12 bits per heavy atom. The first-order chi connectivity index (χ1) is 16.0. The first-order valence-electron chi connectivity index (χ1n) is 11.5. The molecule has 0 saturated carbocycles. The van der Waals surface area contributed by atoms with E-state index in [1.54, 1.807) is 5.56 Å². The van der Waals surface area contributed by atoms with E-state index in [1.165, 1.54) is 47.1 Å². The summed E-state index contributed by atoms with van der Waals surface area (Å²) in [4.78, 5) is 7.99. The van der Waals surface area contributed by atoms with E-state index in [9.17, 15) is 0 Å². The minimum Gasteiger partial charge on any atom is -0.358 e. The summed E-state index contributed by atoms with van der Waals surface area (Å²) >= 11 is 11.3. The molecule has 0 fully saturated rings. The van der Waals surface area contributed by atoms with Gasteiger partial charge in [0.15, 0.2) is 5.17 Å². The third-order valence-corrected chi connectivity index (χ3v) is 7.41. The lowest BCUT2D eigenvalue weighted by molar-refractivity contribution is 0.644. The molecule has 5 rings (SSSR count). The van der Waals surface area contributed by atoms with Crippen LogP contribution in [0, 0.1) is 13.8 Å². The second-order valence-electron chi connectivity index (χ2n) is 8.36. The summed E-state index contributed by atoms with van der Waals surface area (Å²) in [5.74, 6) is 1.67. The molecule has 0 amide bonds. The van der Waals surface area contributed by atoms with Gasteiger partial charge in [-0.2, -0.15) is 0 Å². The second kappa shape index (κ2) is 13.3. The lowest BCUT2D eigenvalue weighted by atomic mass is 10.0. The number of hydrogen-bond acceptors (Lipinski definition) is 6. The number of fused-ring (bicyclic) bond motifs is 2. The largest absolute Gasteiger partial charge is 0.358 e. The highest BCUT2D eigenvalue weighted by Crippen LogP contribution is 2.34. The van der Waals surface area contributed by atoms with E-state index in [-0.39, 0.29) is 0 Å². The smallest absolute Gasteiger partial charge is 0.157 e. The molecular formula is C26H33ClN4S2. The maximum Gasteiger partial charge on any atom is 0.157 e. The van der Waals surface area contributed by atoms with Crippen molar-refractivity contribution in [3.63, 3.8) is 0 Å². The van der Waals surface area contributed by atoms with Gasteiger partial charge in [0.05, 0.1) is 24.3 Å². The highest BCUT2D eigenvalue weighted by atomic mass is 35.5.